The lowest BCUT2D eigenvalue weighted by Crippen LogP contribution is -2.43. The van der Waals surface area contributed by atoms with Gasteiger partial charge in [-0.25, -0.2) is 4.39 Å². The SMILES string of the molecule is COC1(c2ncc(F)cc2-c2cnn(C)c2C)C=C(C#N)C(=O)C(C)(C)C1. The summed E-state index contributed by atoms with van der Waals surface area (Å²) in [6.45, 7) is 5.42. The number of ketones is 1. The monoisotopic (exact) mass is 368 g/mol. The minimum atomic E-state index is -1.13. The minimum absolute atomic E-state index is 0.0214. The number of hydrogen-bond donors (Lipinski definition) is 0. The highest BCUT2D eigenvalue weighted by Crippen LogP contribution is 2.47. The first-order valence-electron chi connectivity index (χ1n) is 8.53. The zero-order chi connectivity index (χ0) is 20.0. The summed E-state index contributed by atoms with van der Waals surface area (Å²) in [5.74, 6) is -0.724. The molecule has 0 radical (unpaired) electrons. The van der Waals surface area contributed by atoms with E-state index in [1.807, 2.05) is 13.0 Å². The molecule has 1 unspecified atom stereocenters. The van der Waals surface area contributed by atoms with E-state index in [4.69, 9.17) is 4.74 Å². The van der Waals surface area contributed by atoms with Crippen LogP contribution in [0.3, 0.4) is 0 Å². The summed E-state index contributed by atoms with van der Waals surface area (Å²) < 4.78 is 21.6. The van der Waals surface area contributed by atoms with E-state index in [1.165, 1.54) is 19.3 Å². The van der Waals surface area contributed by atoms with Crippen LogP contribution in [0, 0.1) is 29.5 Å². The lowest BCUT2D eigenvalue weighted by Gasteiger charge is -2.40. The second-order valence-corrected chi connectivity index (χ2v) is 7.47. The van der Waals surface area contributed by atoms with Crippen molar-refractivity contribution in [3.8, 4) is 17.2 Å². The molecule has 2 aromatic heterocycles. The van der Waals surface area contributed by atoms with Crippen LogP contribution in [0.4, 0.5) is 4.39 Å². The number of halogens is 1. The summed E-state index contributed by atoms with van der Waals surface area (Å²) in [5.41, 5.74) is 0.606. The molecule has 1 aliphatic rings. The van der Waals surface area contributed by atoms with Crippen LogP contribution in [0.25, 0.3) is 11.1 Å². The van der Waals surface area contributed by atoms with Crippen molar-refractivity contribution in [3.05, 3.63) is 47.3 Å². The van der Waals surface area contributed by atoms with Crippen molar-refractivity contribution in [2.45, 2.75) is 32.8 Å². The maximum absolute atomic E-state index is 14.1. The van der Waals surface area contributed by atoms with Crippen LogP contribution in [-0.2, 0) is 22.2 Å². The highest BCUT2D eigenvalue weighted by atomic mass is 19.1. The first-order chi connectivity index (χ1) is 12.6. The van der Waals surface area contributed by atoms with Gasteiger partial charge in [-0.2, -0.15) is 10.4 Å². The summed E-state index contributed by atoms with van der Waals surface area (Å²) in [7, 11) is 3.30. The number of hydrogen-bond acceptors (Lipinski definition) is 5. The summed E-state index contributed by atoms with van der Waals surface area (Å²) >= 11 is 0. The standard InChI is InChI=1S/C20H21FN4O2/c1-12-16(10-24-25(12)4)15-6-14(21)9-23-17(15)20(27-5)7-13(8-22)18(26)19(2,3)11-20/h6-7,9-10H,11H2,1-5H3. The molecule has 7 heteroatoms. The van der Waals surface area contributed by atoms with Crippen LogP contribution in [0.5, 0.6) is 0 Å². The molecule has 6 nitrogen and oxygen atoms in total. The van der Waals surface area contributed by atoms with E-state index in [0.29, 0.717) is 11.3 Å². The quantitative estimate of drug-likeness (QED) is 0.831. The predicted octanol–water partition coefficient (Wildman–Crippen LogP) is 3.22. The Morgan fingerprint density at radius 1 is 1.33 bits per heavy atom. The van der Waals surface area contributed by atoms with E-state index < -0.39 is 16.8 Å². The van der Waals surface area contributed by atoms with Crippen LogP contribution in [0.1, 0.15) is 31.7 Å². The van der Waals surface area contributed by atoms with Crippen LogP contribution in [0.15, 0.2) is 30.1 Å². The van der Waals surface area contributed by atoms with Crippen molar-refractivity contribution in [1.29, 1.82) is 5.26 Å². The van der Waals surface area contributed by atoms with E-state index in [1.54, 1.807) is 31.8 Å². The molecular formula is C20H21FN4O2. The summed E-state index contributed by atoms with van der Waals surface area (Å²) in [5, 5.41) is 13.7. The number of nitrogens with zero attached hydrogens (tertiary/aromatic N) is 4. The van der Waals surface area contributed by atoms with Crippen molar-refractivity contribution in [2.75, 3.05) is 7.11 Å². The largest absolute Gasteiger partial charge is 0.368 e. The number of rotatable bonds is 3. The number of aryl methyl sites for hydroxylation is 1. The molecule has 0 spiro atoms. The van der Waals surface area contributed by atoms with Gasteiger partial charge < -0.3 is 4.74 Å². The number of allylic oxidation sites excluding steroid dienone is 1. The van der Waals surface area contributed by atoms with Gasteiger partial charge in [-0.3, -0.25) is 14.5 Å². The van der Waals surface area contributed by atoms with Gasteiger partial charge in [0, 0.05) is 36.4 Å². The van der Waals surface area contributed by atoms with Gasteiger partial charge in [-0.05, 0) is 25.5 Å². The maximum atomic E-state index is 14.1. The molecule has 0 N–H and O–H groups in total. The highest BCUT2D eigenvalue weighted by molar-refractivity contribution is 6.04. The van der Waals surface area contributed by atoms with Gasteiger partial charge >= 0.3 is 0 Å². The number of ether oxygens (including phenoxy) is 1. The Bertz CT molecular complexity index is 1000. The molecule has 0 aromatic carbocycles. The Balaban J connectivity index is 2.32. The minimum Gasteiger partial charge on any atom is -0.368 e. The van der Waals surface area contributed by atoms with Crippen molar-refractivity contribution >= 4 is 5.78 Å². The van der Waals surface area contributed by atoms with Crippen molar-refractivity contribution < 1.29 is 13.9 Å². The molecule has 0 aliphatic heterocycles. The molecule has 0 bridgehead atoms. The Hall–Kier alpha value is -2.85. The van der Waals surface area contributed by atoms with Crippen LogP contribution in [0.2, 0.25) is 0 Å². The zero-order valence-electron chi connectivity index (χ0n) is 16.0. The number of carbonyl (C=O) groups excluding carboxylic acids is 1. The fourth-order valence-corrected chi connectivity index (χ4v) is 3.66. The molecule has 0 saturated heterocycles. The first kappa shape index (κ1) is 18.9. The van der Waals surface area contributed by atoms with Crippen LogP contribution >= 0.6 is 0 Å². The number of carbonyl (C=O) groups is 1. The Labute approximate surface area is 157 Å². The molecule has 27 heavy (non-hydrogen) atoms. The molecule has 1 aliphatic carbocycles. The number of aromatic nitrogens is 3. The fourth-order valence-electron chi connectivity index (χ4n) is 3.66. The average Bonchev–Trinajstić information content (AvgIpc) is 2.96. The van der Waals surface area contributed by atoms with Gasteiger partial charge in [0.15, 0.2) is 5.78 Å². The fraction of sp³-hybridized carbons (Fsp3) is 0.400. The third-order valence-corrected chi connectivity index (χ3v) is 5.21. The Morgan fingerprint density at radius 3 is 2.59 bits per heavy atom. The molecule has 2 aromatic rings. The van der Waals surface area contributed by atoms with Gasteiger partial charge in [-0.1, -0.05) is 13.8 Å². The highest BCUT2D eigenvalue weighted by Gasteiger charge is 2.48. The second-order valence-electron chi connectivity index (χ2n) is 7.47. The lowest BCUT2D eigenvalue weighted by molar-refractivity contribution is -0.128. The molecule has 1 atom stereocenters. The van der Waals surface area contributed by atoms with Crippen molar-refractivity contribution in [3.63, 3.8) is 0 Å². The third-order valence-electron chi connectivity index (χ3n) is 5.21. The van der Waals surface area contributed by atoms with E-state index >= 15 is 0 Å². The summed E-state index contributed by atoms with van der Waals surface area (Å²) in [6.07, 6.45) is 4.56. The van der Waals surface area contributed by atoms with Crippen LogP contribution < -0.4 is 0 Å². The van der Waals surface area contributed by atoms with Gasteiger partial charge in [0.2, 0.25) is 0 Å². The molecule has 140 valence electrons. The van der Waals surface area contributed by atoms with Crippen molar-refractivity contribution in [2.24, 2.45) is 12.5 Å². The number of methoxy groups -OCH3 is 1. The molecule has 0 amide bonds. The molecule has 3 rings (SSSR count). The number of pyridine rings is 1. The second kappa shape index (κ2) is 6.39. The van der Waals surface area contributed by atoms with Gasteiger partial charge in [-0.15, -0.1) is 0 Å². The van der Waals surface area contributed by atoms with Crippen molar-refractivity contribution in [1.82, 2.24) is 14.8 Å². The molecule has 0 saturated carbocycles. The molecule has 2 heterocycles. The average molecular weight is 368 g/mol. The third kappa shape index (κ3) is 2.96. The van der Waals surface area contributed by atoms with Gasteiger partial charge in [0.05, 0.1) is 23.7 Å². The van der Waals surface area contributed by atoms with Crippen LogP contribution in [-0.4, -0.2) is 27.7 Å². The van der Waals surface area contributed by atoms with Gasteiger partial charge in [0.1, 0.15) is 17.5 Å². The van der Waals surface area contributed by atoms with E-state index in [-0.39, 0.29) is 17.8 Å². The molecular weight excluding hydrogens is 347 g/mol. The predicted molar refractivity (Wildman–Crippen MR) is 96.9 cm³/mol. The summed E-state index contributed by atoms with van der Waals surface area (Å²) in [6, 6.07) is 3.35. The van der Waals surface area contributed by atoms with E-state index in [9.17, 15) is 14.4 Å². The van der Waals surface area contributed by atoms with Gasteiger partial charge in [0.25, 0.3) is 0 Å². The molecule has 0 fully saturated rings. The smallest absolute Gasteiger partial charge is 0.178 e. The normalized spacial score (nSPS) is 21.7. The number of Topliss-reactive ketones (excluding diaryl/α,β-unsaturated/α-hetero) is 1. The topological polar surface area (TPSA) is 80.8 Å². The first-order valence-corrected chi connectivity index (χ1v) is 8.53. The Morgan fingerprint density at radius 2 is 2.04 bits per heavy atom. The lowest BCUT2D eigenvalue weighted by atomic mass is 9.68. The Kier molecular flexibility index (Phi) is 4.48. The summed E-state index contributed by atoms with van der Waals surface area (Å²) in [4.78, 5) is 16.9. The number of nitriles is 1. The van der Waals surface area contributed by atoms with E-state index in [2.05, 4.69) is 10.1 Å². The van der Waals surface area contributed by atoms with E-state index in [0.717, 1.165) is 17.5 Å². The zero-order valence-corrected chi connectivity index (χ0v) is 16.0. The maximum Gasteiger partial charge on any atom is 0.178 e.